The van der Waals surface area contributed by atoms with Crippen molar-refractivity contribution < 1.29 is 21.9 Å². The molecular weight excluding hydrogens is 387 g/mol. The van der Waals surface area contributed by atoms with Crippen LogP contribution in [0.3, 0.4) is 0 Å². The quantitative estimate of drug-likeness (QED) is 0.579. The molecule has 0 N–H and O–H groups in total. The average Bonchev–Trinajstić information content (AvgIpc) is 2.64. The molecular formula is C21H20Cl2O2S. The van der Waals surface area contributed by atoms with Crippen molar-refractivity contribution in [3.8, 4) is 33.1 Å². The lowest BCUT2D eigenvalue weighted by Crippen LogP contribution is -3.00. The van der Waals surface area contributed by atoms with Crippen LogP contribution in [0.15, 0.2) is 60.7 Å². The number of halogens is 2. The van der Waals surface area contributed by atoms with Crippen LogP contribution in [0, 0.1) is 0 Å². The summed E-state index contributed by atoms with van der Waals surface area (Å²) in [6.45, 7) is 5.30. The molecule has 1 aromatic heterocycles. The summed E-state index contributed by atoms with van der Waals surface area (Å²) in [4.78, 5) is 1.13. The summed E-state index contributed by atoms with van der Waals surface area (Å²) in [7, 11) is 0. The zero-order chi connectivity index (χ0) is 17.6. The zero-order valence-corrected chi connectivity index (χ0v) is 17.0. The molecule has 0 unspecified atom stereocenters. The molecule has 0 aliphatic heterocycles. The molecule has 3 aromatic rings. The third-order valence-electron chi connectivity index (χ3n) is 3.74. The van der Waals surface area contributed by atoms with Crippen LogP contribution in [0.2, 0.25) is 4.34 Å². The molecule has 5 heteroatoms. The Bertz CT molecular complexity index is 834. The van der Waals surface area contributed by atoms with Crippen molar-refractivity contribution in [3.05, 3.63) is 65.0 Å². The first-order valence-electron chi connectivity index (χ1n) is 8.30. The summed E-state index contributed by atoms with van der Waals surface area (Å²) in [5, 5.41) is 0. The molecule has 0 aliphatic rings. The van der Waals surface area contributed by atoms with Crippen LogP contribution in [0.4, 0.5) is 0 Å². The lowest BCUT2D eigenvalue weighted by atomic mass is 10.1. The Morgan fingerprint density at radius 3 is 1.69 bits per heavy atom. The molecule has 136 valence electrons. The number of hydrogen-bond acceptors (Lipinski definition) is 2. The summed E-state index contributed by atoms with van der Waals surface area (Å²) in [6, 6.07) is 20.3. The van der Waals surface area contributed by atoms with Crippen LogP contribution >= 0.6 is 22.9 Å². The van der Waals surface area contributed by atoms with Crippen molar-refractivity contribution in [2.45, 2.75) is 13.8 Å². The van der Waals surface area contributed by atoms with E-state index in [0.29, 0.717) is 13.2 Å². The van der Waals surface area contributed by atoms with Crippen molar-refractivity contribution in [1.82, 2.24) is 0 Å². The minimum Gasteiger partial charge on any atom is -1.00 e. The standard InChI is InChI=1S/C21H20ClO2S.ClH/c1-3-23-17-9-5-15(6-10-17)19-13-14-20(25-21(19)22)16-7-11-18(12-8-16)24-4-2;/h5-14H,3-4H2,1-2H3;1H/q+1;/p-1. The molecule has 0 atom stereocenters. The van der Waals surface area contributed by atoms with Gasteiger partial charge in [0.05, 0.1) is 18.8 Å². The van der Waals surface area contributed by atoms with E-state index < -0.39 is 0 Å². The van der Waals surface area contributed by atoms with Gasteiger partial charge < -0.3 is 21.9 Å². The maximum Gasteiger partial charge on any atom is 0.306 e. The van der Waals surface area contributed by atoms with Crippen LogP contribution in [0.5, 0.6) is 11.5 Å². The Hall–Kier alpha value is -1.81. The lowest BCUT2D eigenvalue weighted by Gasteiger charge is -2.05. The highest BCUT2D eigenvalue weighted by Crippen LogP contribution is 2.37. The van der Waals surface area contributed by atoms with E-state index in [1.807, 2.05) is 50.2 Å². The molecule has 0 saturated heterocycles. The van der Waals surface area contributed by atoms with E-state index in [-0.39, 0.29) is 12.4 Å². The molecule has 0 amide bonds. The van der Waals surface area contributed by atoms with Gasteiger partial charge in [-0.05, 0) is 73.5 Å². The van der Waals surface area contributed by atoms with Gasteiger partial charge in [-0.2, -0.15) is 0 Å². The van der Waals surface area contributed by atoms with Gasteiger partial charge in [0.2, 0.25) is 16.2 Å². The molecule has 2 aromatic carbocycles. The van der Waals surface area contributed by atoms with E-state index in [9.17, 15) is 0 Å². The molecule has 0 radical (unpaired) electrons. The fraction of sp³-hybridized carbons (Fsp3) is 0.190. The summed E-state index contributed by atoms with van der Waals surface area (Å²) in [6.07, 6.45) is 0. The van der Waals surface area contributed by atoms with Crippen molar-refractivity contribution in [1.29, 1.82) is 0 Å². The highest BCUT2D eigenvalue weighted by Gasteiger charge is 2.18. The fourth-order valence-corrected chi connectivity index (χ4v) is 3.85. The van der Waals surface area contributed by atoms with Crippen molar-refractivity contribution >= 4 is 22.9 Å². The van der Waals surface area contributed by atoms with E-state index in [1.54, 1.807) is 11.3 Å². The van der Waals surface area contributed by atoms with Crippen LogP contribution in [0.25, 0.3) is 21.6 Å². The molecule has 0 fully saturated rings. The van der Waals surface area contributed by atoms with E-state index in [4.69, 9.17) is 21.1 Å². The van der Waals surface area contributed by atoms with Gasteiger partial charge in [-0.15, -0.1) is 0 Å². The number of ether oxygens (including phenoxy) is 2. The summed E-state index contributed by atoms with van der Waals surface area (Å²) in [5.74, 6) is 1.76. The number of hydrogen-bond donors (Lipinski definition) is 0. The maximum atomic E-state index is 6.56. The Balaban J connectivity index is 0.00000243. The maximum absolute atomic E-state index is 6.56. The van der Waals surface area contributed by atoms with E-state index in [0.717, 1.165) is 37.4 Å². The van der Waals surface area contributed by atoms with Gasteiger partial charge >= 0.3 is 4.34 Å². The number of rotatable bonds is 6. The van der Waals surface area contributed by atoms with E-state index in [1.165, 1.54) is 0 Å². The monoisotopic (exact) mass is 406 g/mol. The summed E-state index contributed by atoms with van der Waals surface area (Å²) >= 11 is 8.14. The third kappa shape index (κ3) is 4.88. The van der Waals surface area contributed by atoms with E-state index >= 15 is 0 Å². The second kappa shape index (κ2) is 9.77. The molecule has 0 bridgehead atoms. The highest BCUT2D eigenvalue weighted by atomic mass is 35.5. The molecule has 1 heterocycles. The Morgan fingerprint density at radius 1 is 0.731 bits per heavy atom. The third-order valence-corrected chi connectivity index (χ3v) is 5.16. The molecule has 26 heavy (non-hydrogen) atoms. The van der Waals surface area contributed by atoms with Gasteiger partial charge in [0.25, 0.3) is 0 Å². The summed E-state index contributed by atoms with van der Waals surface area (Å²) in [5.41, 5.74) is 3.25. The second-order valence-electron chi connectivity index (χ2n) is 5.40. The Labute approximate surface area is 169 Å². The van der Waals surface area contributed by atoms with Gasteiger partial charge in [-0.25, -0.2) is 0 Å². The smallest absolute Gasteiger partial charge is 0.306 e. The van der Waals surface area contributed by atoms with Gasteiger partial charge in [0.1, 0.15) is 11.5 Å². The molecule has 0 spiro atoms. The Morgan fingerprint density at radius 2 is 1.23 bits per heavy atom. The molecule has 0 aliphatic carbocycles. The lowest BCUT2D eigenvalue weighted by molar-refractivity contribution is -0.00000591. The minimum absolute atomic E-state index is 0. The van der Waals surface area contributed by atoms with Crippen molar-refractivity contribution in [2.75, 3.05) is 13.2 Å². The topological polar surface area (TPSA) is 18.5 Å². The summed E-state index contributed by atoms with van der Waals surface area (Å²) < 4.78 is 11.8. The van der Waals surface area contributed by atoms with Gasteiger partial charge in [0, 0.05) is 11.6 Å². The SMILES string of the molecule is CCOc1ccc(-c2ccc(-c3ccc(OCC)cc3)c(Cl)[s+]2)cc1.[Cl-]. The average molecular weight is 407 g/mol. The molecule has 0 saturated carbocycles. The van der Waals surface area contributed by atoms with Crippen LogP contribution < -0.4 is 21.9 Å². The van der Waals surface area contributed by atoms with Crippen LogP contribution in [-0.4, -0.2) is 13.2 Å². The van der Waals surface area contributed by atoms with Crippen molar-refractivity contribution in [3.63, 3.8) is 0 Å². The highest BCUT2D eigenvalue weighted by molar-refractivity contribution is 7.19. The van der Waals surface area contributed by atoms with E-state index in [2.05, 4.69) is 24.3 Å². The number of benzene rings is 2. The fourth-order valence-electron chi connectivity index (χ4n) is 2.55. The van der Waals surface area contributed by atoms with Crippen molar-refractivity contribution in [2.24, 2.45) is 0 Å². The predicted molar refractivity (Wildman–Crippen MR) is 107 cm³/mol. The van der Waals surface area contributed by atoms with Crippen LogP contribution in [0.1, 0.15) is 13.8 Å². The minimum atomic E-state index is 0. The molecule has 2 nitrogen and oxygen atoms in total. The van der Waals surface area contributed by atoms with Gasteiger partial charge in [-0.1, -0.05) is 12.1 Å². The predicted octanol–water partition coefficient (Wildman–Crippen LogP) is 3.82. The van der Waals surface area contributed by atoms with Crippen LogP contribution in [-0.2, 0) is 0 Å². The zero-order valence-electron chi connectivity index (χ0n) is 14.7. The second-order valence-corrected chi connectivity index (χ2v) is 7.06. The first kappa shape index (κ1) is 20.5. The molecule has 3 rings (SSSR count). The first-order valence-corrected chi connectivity index (χ1v) is 9.49. The largest absolute Gasteiger partial charge is 1.00 e. The normalized spacial score (nSPS) is 10.1. The van der Waals surface area contributed by atoms with Gasteiger partial charge in [0.15, 0.2) is 0 Å². The first-order chi connectivity index (χ1) is 12.2. The van der Waals surface area contributed by atoms with Gasteiger partial charge in [-0.3, -0.25) is 0 Å². The Kier molecular flexibility index (Phi) is 7.70.